The van der Waals surface area contributed by atoms with Crippen LogP contribution in [0.25, 0.3) is 0 Å². The number of hydrogen-bond donors (Lipinski definition) is 1. The van der Waals surface area contributed by atoms with Crippen LogP contribution in [0.5, 0.6) is 0 Å². The van der Waals surface area contributed by atoms with Crippen LogP contribution in [0, 0.1) is 11.3 Å². The molecule has 0 bridgehead atoms. The zero-order valence-electron chi connectivity index (χ0n) is 13.0. The van der Waals surface area contributed by atoms with Crippen molar-refractivity contribution in [2.75, 3.05) is 40.3 Å². The number of carbonyl (C=O) groups is 1. The zero-order chi connectivity index (χ0) is 14.5. The molecule has 112 valence electrons. The number of piperidine rings is 1. The number of nitrogens with zero attached hydrogens (tertiary/aromatic N) is 2. The van der Waals surface area contributed by atoms with Crippen LogP contribution in [-0.2, 0) is 4.79 Å². The van der Waals surface area contributed by atoms with Crippen molar-refractivity contribution < 1.29 is 9.90 Å². The Balaban J connectivity index is 2.18. The second-order valence-corrected chi connectivity index (χ2v) is 6.80. The number of carboxylic acids is 1. The molecule has 0 aliphatic carbocycles. The molecule has 0 atom stereocenters. The first-order valence-corrected chi connectivity index (χ1v) is 7.42. The Morgan fingerprint density at radius 2 is 1.95 bits per heavy atom. The second-order valence-electron chi connectivity index (χ2n) is 6.80. The van der Waals surface area contributed by atoms with Gasteiger partial charge in [-0.2, -0.15) is 0 Å². The van der Waals surface area contributed by atoms with Gasteiger partial charge < -0.3 is 14.9 Å². The number of hydrogen-bond acceptors (Lipinski definition) is 3. The molecule has 1 rings (SSSR count). The molecule has 1 heterocycles. The third-order valence-corrected chi connectivity index (χ3v) is 4.33. The molecular weight excluding hydrogens is 240 g/mol. The maximum absolute atomic E-state index is 11.0. The molecular formula is C15H30N2O2. The fraction of sp³-hybridized carbons (Fsp3) is 0.933. The van der Waals surface area contributed by atoms with Gasteiger partial charge in [-0.25, -0.2) is 0 Å². The van der Waals surface area contributed by atoms with Gasteiger partial charge in [0, 0.05) is 6.54 Å². The van der Waals surface area contributed by atoms with E-state index in [2.05, 4.69) is 23.9 Å². The van der Waals surface area contributed by atoms with Gasteiger partial charge in [0.25, 0.3) is 0 Å². The Kier molecular flexibility index (Phi) is 6.27. The van der Waals surface area contributed by atoms with E-state index >= 15 is 0 Å². The highest BCUT2D eigenvalue weighted by atomic mass is 16.4. The van der Waals surface area contributed by atoms with E-state index in [9.17, 15) is 4.79 Å². The fourth-order valence-electron chi connectivity index (χ4n) is 2.67. The minimum atomic E-state index is -0.689. The van der Waals surface area contributed by atoms with Crippen molar-refractivity contribution in [2.45, 2.75) is 39.5 Å². The Bertz CT molecular complexity index is 284. The van der Waals surface area contributed by atoms with Crippen LogP contribution in [0.4, 0.5) is 0 Å². The van der Waals surface area contributed by atoms with E-state index in [0.29, 0.717) is 0 Å². The van der Waals surface area contributed by atoms with Gasteiger partial charge in [0.15, 0.2) is 0 Å². The number of rotatable bonds is 7. The first-order valence-electron chi connectivity index (χ1n) is 7.42. The van der Waals surface area contributed by atoms with E-state index in [1.54, 1.807) is 0 Å². The van der Waals surface area contributed by atoms with Crippen LogP contribution in [0.1, 0.15) is 39.5 Å². The molecule has 0 radical (unpaired) electrons. The molecule has 0 aromatic rings. The highest BCUT2D eigenvalue weighted by molar-refractivity contribution is 5.73. The summed E-state index contributed by atoms with van der Waals surface area (Å²) in [5.41, 5.74) is -0.589. The van der Waals surface area contributed by atoms with Crippen molar-refractivity contribution in [1.82, 2.24) is 9.80 Å². The van der Waals surface area contributed by atoms with Crippen LogP contribution >= 0.6 is 0 Å². The maximum Gasteiger partial charge on any atom is 0.309 e. The molecule has 0 aromatic carbocycles. The Morgan fingerprint density at radius 1 is 1.37 bits per heavy atom. The van der Waals surface area contributed by atoms with E-state index in [4.69, 9.17) is 5.11 Å². The van der Waals surface area contributed by atoms with Crippen molar-refractivity contribution in [3.63, 3.8) is 0 Å². The van der Waals surface area contributed by atoms with E-state index in [1.807, 2.05) is 13.8 Å². The van der Waals surface area contributed by atoms with Gasteiger partial charge >= 0.3 is 5.97 Å². The van der Waals surface area contributed by atoms with Crippen LogP contribution < -0.4 is 0 Å². The van der Waals surface area contributed by atoms with Gasteiger partial charge in [0.1, 0.15) is 0 Å². The Labute approximate surface area is 117 Å². The van der Waals surface area contributed by atoms with Gasteiger partial charge in [0.05, 0.1) is 5.41 Å². The summed E-state index contributed by atoms with van der Waals surface area (Å²) >= 11 is 0. The minimum absolute atomic E-state index is 0.589. The molecule has 1 aliphatic heterocycles. The number of aliphatic carboxylic acids is 1. The van der Waals surface area contributed by atoms with Gasteiger partial charge in [-0.05, 0) is 79.2 Å². The largest absolute Gasteiger partial charge is 0.481 e. The normalized spacial score (nSPS) is 19.0. The molecule has 0 unspecified atom stereocenters. The molecule has 4 nitrogen and oxygen atoms in total. The van der Waals surface area contributed by atoms with Gasteiger partial charge in [-0.15, -0.1) is 0 Å². The van der Waals surface area contributed by atoms with Crippen LogP contribution in [0.3, 0.4) is 0 Å². The van der Waals surface area contributed by atoms with Crippen LogP contribution in [0.15, 0.2) is 0 Å². The molecule has 1 aliphatic rings. The summed E-state index contributed by atoms with van der Waals surface area (Å²) in [4.78, 5) is 15.8. The first kappa shape index (κ1) is 16.4. The summed E-state index contributed by atoms with van der Waals surface area (Å²) in [7, 11) is 4.35. The lowest BCUT2D eigenvalue weighted by molar-refractivity contribution is -0.147. The topological polar surface area (TPSA) is 43.8 Å². The van der Waals surface area contributed by atoms with E-state index in [-0.39, 0.29) is 0 Å². The third-order valence-electron chi connectivity index (χ3n) is 4.33. The molecule has 0 spiro atoms. The minimum Gasteiger partial charge on any atom is -0.481 e. The zero-order valence-corrected chi connectivity index (χ0v) is 13.0. The Morgan fingerprint density at radius 3 is 2.47 bits per heavy atom. The second kappa shape index (κ2) is 7.25. The van der Waals surface area contributed by atoms with Gasteiger partial charge in [-0.3, -0.25) is 4.79 Å². The van der Waals surface area contributed by atoms with Crippen molar-refractivity contribution in [2.24, 2.45) is 11.3 Å². The lowest BCUT2D eigenvalue weighted by atomic mass is 9.88. The standard InChI is InChI=1S/C15H30N2O2/c1-15(2,14(18)19)8-5-9-17(4)12-13-6-10-16(3)11-7-13/h13H,5-12H2,1-4H3,(H,18,19). The predicted molar refractivity (Wildman–Crippen MR) is 78.4 cm³/mol. The number of carboxylic acid groups (broad SMARTS) is 1. The van der Waals surface area contributed by atoms with Gasteiger partial charge in [-0.1, -0.05) is 0 Å². The lowest BCUT2D eigenvalue weighted by Gasteiger charge is -2.32. The van der Waals surface area contributed by atoms with Crippen molar-refractivity contribution in [3.8, 4) is 0 Å². The van der Waals surface area contributed by atoms with Crippen LogP contribution in [0.2, 0.25) is 0 Å². The summed E-state index contributed by atoms with van der Waals surface area (Å²) in [6, 6.07) is 0. The molecule has 1 saturated heterocycles. The lowest BCUT2D eigenvalue weighted by Crippen LogP contribution is -2.36. The smallest absolute Gasteiger partial charge is 0.309 e. The monoisotopic (exact) mass is 270 g/mol. The predicted octanol–water partition coefficient (Wildman–Crippen LogP) is 2.15. The van der Waals surface area contributed by atoms with Crippen molar-refractivity contribution in [1.29, 1.82) is 0 Å². The molecule has 0 aromatic heterocycles. The summed E-state index contributed by atoms with van der Waals surface area (Å²) in [5, 5.41) is 9.07. The third kappa shape index (κ3) is 5.91. The average molecular weight is 270 g/mol. The molecule has 0 saturated carbocycles. The van der Waals surface area contributed by atoms with E-state index in [0.717, 1.165) is 31.8 Å². The fourth-order valence-corrected chi connectivity index (χ4v) is 2.67. The highest BCUT2D eigenvalue weighted by Crippen LogP contribution is 2.23. The maximum atomic E-state index is 11.0. The summed E-state index contributed by atoms with van der Waals surface area (Å²) in [6.07, 6.45) is 4.30. The highest BCUT2D eigenvalue weighted by Gasteiger charge is 2.26. The van der Waals surface area contributed by atoms with Gasteiger partial charge in [0.2, 0.25) is 0 Å². The molecule has 0 amide bonds. The van der Waals surface area contributed by atoms with E-state index in [1.165, 1.54) is 25.9 Å². The average Bonchev–Trinajstić information content (AvgIpc) is 2.31. The molecule has 4 heteroatoms. The first-order chi connectivity index (χ1) is 8.81. The Hall–Kier alpha value is -0.610. The van der Waals surface area contributed by atoms with Crippen LogP contribution in [-0.4, -0.2) is 61.2 Å². The van der Waals surface area contributed by atoms with E-state index < -0.39 is 11.4 Å². The number of likely N-dealkylation sites (tertiary alicyclic amines) is 1. The van der Waals surface area contributed by atoms with Crippen molar-refractivity contribution in [3.05, 3.63) is 0 Å². The summed E-state index contributed by atoms with van der Waals surface area (Å²) in [6.45, 7) is 8.21. The molecule has 19 heavy (non-hydrogen) atoms. The molecule has 1 N–H and O–H groups in total. The molecule has 1 fully saturated rings. The SMILES string of the molecule is CN1CCC(CN(C)CCCC(C)(C)C(=O)O)CC1. The summed E-state index contributed by atoms with van der Waals surface area (Å²) < 4.78 is 0. The summed E-state index contributed by atoms with van der Waals surface area (Å²) in [5.74, 6) is 0.124. The quantitative estimate of drug-likeness (QED) is 0.770. The van der Waals surface area contributed by atoms with Crippen molar-refractivity contribution >= 4 is 5.97 Å².